The number of fused-ring (bicyclic) bond motifs is 1. The number of ether oxygens (including phenoxy) is 1. The Kier molecular flexibility index (Phi) is 6.29. The summed E-state index contributed by atoms with van der Waals surface area (Å²) >= 11 is 0. The smallest absolute Gasteiger partial charge is 0.387 e. The highest BCUT2D eigenvalue weighted by molar-refractivity contribution is 6.02. The van der Waals surface area contributed by atoms with Crippen molar-refractivity contribution in [3.63, 3.8) is 0 Å². The van der Waals surface area contributed by atoms with Crippen LogP contribution in [0.4, 0.5) is 20.4 Å². The van der Waals surface area contributed by atoms with Gasteiger partial charge in [-0.2, -0.15) is 8.78 Å². The molecule has 2 aromatic rings. The largest absolute Gasteiger partial charge is 0.432 e. The molecule has 1 fully saturated rings. The predicted octanol–water partition coefficient (Wildman–Crippen LogP) is 3.58. The number of carbonyl (C=O) groups excluding carboxylic acids is 2. The first-order valence-corrected chi connectivity index (χ1v) is 10.3. The Morgan fingerprint density at radius 1 is 1.28 bits per heavy atom. The number of halogens is 2. The summed E-state index contributed by atoms with van der Waals surface area (Å²) in [6.45, 7) is 1.03. The molecule has 1 aromatic carbocycles. The molecule has 8 nitrogen and oxygen atoms in total. The van der Waals surface area contributed by atoms with Crippen molar-refractivity contribution in [1.82, 2.24) is 14.9 Å². The average Bonchev–Trinajstić information content (AvgIpc) is 3.11. The van der Waals surface area contributed by atoms with Crippen LogP contribution in [0.3, 0.4) is 0 Å². The molecular formula is C22H23F2N5O3. The van der Waals surface area contributed by atoms with E-state index in [0.29, 0.717) is 23.7 Å². The fourth-order valence-electron chi connectivity index (χ4n) is 4.20. The quantitative estimate of drug-likeness (QED) is 0.635. The maximum atomic E-state index is 13.1. The third-order valence-electron chi connectivity index (χ3n) is 5.67. The number of benzene rings is 1. The Bertz CT molecular complexity index is 1020. The first kappa shape index (κ1) is 21.7. The lowest BCUT2D eigenvalue weighted by atomic mass is 9.90. The number of carbonyl (C=O) groups is 2. The minimum Gasteiger partial charge on any atom is -0.432 e. The number of aromatic nitrogens is 2. The normalized spacial score (nSPS) is 20.1. The van der Waals surface area contributed by atoms with Crippen molar-refractivity contribution in [3.05, 3.63) is 54.4 Å². The first-order valence-electron chi connectivity index (χ1n) is 10.3. The minimum absolute atomic E-state index is 0.0498. The summed E-state index contributed by atoms with van der Waals surface area (Å²) in [5, 5.41) is 5.91. The lowest BCUT2D eigenvalue weighted by molar-refractivity contribution is -0.111. The number of amides is 2. The van der Waals surface area contributed by atoms with Crippen molar-refractivity contribution in [1.29, 1.82) is 0 Å². The Labute approximate surface area is 183 Å². The summed E-state index contributed by atoms with van der Waals surface area (Å²) in [4.78, 5) is 34.6. The molecule has 168 valence electrons. The van der Waals surface area contributed by atoms with Crippen LogP contribution >= 0.6 is 0 Å². The zero-order valence-corrected chi connectivity index (χ0v) is 17.3. The van der Waals surface area contributed by atoms with Crippen molar-refractivity contribution >= 4 is 23.5 Å². The number of anilines is 2. The predicted molar refractivity (Wildman–Crippen MR) is 113 cm³/mol. The van der Waals surface area contributed by atoms with E-state index >= 15 is 0 Å². The van der Waals surface area contributed by atoms with Gasteiger partial charge >= 0.3 is 6.61 Å². The number of rotatable bonds is 7. The number of alkyl halides is 2. The third-order valence-corrected chi connectivity index (χ3v) is 5.67. The Balaban J connectivity index is 1.39. The molecule has 2 heterocycles. The second-order valence-corrected chi connectivity index (χ2v) is 7.78. The number of hydrogen-bond donors (Lipinski definition) is 2. The van der Waals surface area contributed by atoms with Gasteiger partial charge in [-0.1, -0.05) is 12.6 Å². The van der Waals surface area contributed by atoms with Gasteiger partial charge in [0.25, 0.3) is 5.91 Å². The van der Waals surface area contributed by atoms with E-state index in [1.54, 1.807) is 12.1 Å². The molecule has 32 heavy (non-hydrogen) atoms. The van der Waals surface area contributed by atoms with Crippen LogP contribution in [-0.2, 0) is 11.3 Å². The van der Waals surface area contributed by atoms with E-state index in [-0.39, 0.29) is 29.6 Å². The highest BCUT2D eigenvalue weighted by atomic mass is 19.3. The summed E-state index contributed by atoms with van der Waals surface area (Å²) in [6.07, 6.45) is 7.01. The lowest BCUT2D eigenvalue weighted by Crippen LogP contribution is -2.42. The van der Waals surface area contributed by atoms with Gasteiger partial charge in [0.15, 0.2) is 5.75 Å². The van der Waals surface area contributed by atoms with Crippen molar-refractivity contribution in [3.8, 4) is 5.75 Å². The molecule has 0 unspecified atom stereocenters. The number of nitrogens with one attached hydrogen (secondary N) is 2. The third kappa shape index (κ3) is 4.84. The van der Waals surface area contributed by atoms with Gasteiger partial charge in [0.1, 0.15) is 0 Å². The van der Waals surface area contributed by atoms with Gasteiger partial charge < -0.3 is 20.3 Å². The molecule has 1 aliphatic heterocycles. The summed E-state index contributed by atoms with van der Waals surface area (Å²) in [5.41, 5.74) is 2.09. The number of hydrogen-bond acceptors (Lipinski definition) is 6. The standard InChI is InChI=1S/C22H23F2N5O3/c1-2-19(30)27-15-7-6-13-12-29(20(31)18(13)9-15)16-5-3-4-14(8-16)28-22-25-10-17(11-26-22)32-21(23)24/h2,6-7,9-11,14,16,21H,1,3-5,8,12H2,(H,27,30)(H,25,26,28)/t14-,16+/m1/s1. The van der Waals surface area contributed by atoms with E-state index in [0.717, 1.165) is 31.2 Å². The molecule has 1 aliphatic carbocycles. The van der Waals surface area contributed by atoms with E-state index in [9.17, 15) is 18.4 Å². The van der Waals surface area contributed by atoms with Gasteiger partial charge in [-0.3, -0.25) is 9.59 Å². The molecule has 2 amide bonds. The molecule has 0 radical (unpaired) electrons. The first-order chi connectivity index (χ1) is 15.4. The molecule has 0 saturated heterocycles. The molecule has 1 aromatic heterocycles. The van der Waals surface area contributed by atoms with Crippen LogP contribution in [0.25, 0.3) is 0 Å². The Hall–Kier alpha value is -3.56. The van der Waals surface area contributed by atoms with E-state index in [1.807, 2.05) is 11.0 Å². The van der Waals surface area contributed by atoms with Gasteiger partial charge in [-0.25, -0.2) is 9.97 Å². The van der Waals surface area contributed by atoms with Crippen LogP contribution in [0.15, 0.2) is 43.2 Å². The van der Waals surface area contributed by atoms with Crippen LogP contribution in [-0.4, -0.2) is 45.4 Å². The summed E-state index contributed by atoms with van der Waals surface area (Å²) in [7, 11) is 0. The molecule has 2 aliphatic rings. The molecule has 1 saturated carbocycles. The highest BCUT2D eigenvalue weighted by Crippen LogP contribution is 2.33. The fourth-order valence-corrected chi connectivity index (χ4v) is 4.20. The Morgan fingerprint density at radius 2 is 2.06 bits per heavy atom. The van der Waals surface area contributed by atoms with Crippen LogP contribution < -0.4 is 15.4 Å². The van der Waals surface area contributed by atoms with Crippen LogP contribution in [0, 0.1) is 0 Å². The second kappa shape index (κ2) is 9.29. The SMILES string of the molecule is C=CC(=O)Nc1ccc2c(c1)C(=O)N([C@H]1CCC[C@@H](Nc3ncc(OC(F)F)cn3)C1)C2. The van der Waals surface area contributed by atoms with Crippen molar-refractivity contribution in [2.45, 2.75) is 50.9 Å². The molecular weight excluding hydrogens is 420 g/mol. The van der Waals surface area contributed by atoms with Gasteiger partial charge in [0.05, 0.1) is 12.4 Å². The van der Waals surface area contributed by atoms with E-state index in [4.69, 9.17) is 0 Å². The summed E-state index contributed by atoms with van der Waals surface area (Å²) in [5.74, 6) is -0.151. The zero-order valence-electron chi connectivity index (χ0n) is 17.3. The van der Waals surface area contributed by atoms with Gasteiger partial charge in [0.2, 0.25) is 11.9 Å². The summed E-state index contributed by atoms with van der Waals surface area (Å²) < 4.78 is 28.8. The lowest BCUT2D eigenvalue weighted by Gasteiger charge is -2.35. The molecule has 10 heteroatoms. The van der Waals surface area contributed by atoms with E-state index in [1.165, 1.54) is 18.5 Å². The average molecular weight is 443 g/mol. The van der Waals surface area contributed by atoms with Crippen molar-refractivity contribution < 1.29 is 23.1 Å². The Morgan fingerprint density at radius 3 is 2.78 bits per heavy atom. The molecule has 4 rings (SSSR count). The van der Waals surface area contributed by atoms with Gasteiger partial charge in [-0.05, 0) is 49.5 Å². The van der Waals surface area contributed by atoms with Crippen LogP contribution in [0.5, 0.6) is 5.75 Å². The highest BCUT2D eigenvalue weighted by Gasteiger charge is 2.35. The van der Waals surface area contributed by atoms with E-state index in [2.05, 4.69) is 31.9 Å². The maximum absolute atomic E-state index is 13.1. The topological polar surface area (TPSA) is 96.5 Å². The maximum Gasteiger partial charge on any atom is 0.387 e. The molecule has 2 N–H and O–H groups in total. The van der Waals surface area contributed by atoms with Crippen LogP contribution in [0.1, 0.15) is 41.6 Å². The van der Waals surface area contributed by atoms with Gasteiger partial charge in [0, 0.05) is 29.9 Å². The zero-order chi connectivity index (χ0) is 22.7. The summed E-state index contributed by atoms with van der Waals surface area (Å²) in [6, 6.07) is 5.44. The molecule has 0 spiro atoms. The van der Waals surface area contributed by atoms with E-state index < -0.39 is 6.61 Å². The van der Waals surface area contributed by atoms with Crippen molar-refractivity contribution in [2.24, 2.45) is 0 Å². The van der Waals surface area contributed by atoms with Crippen LogP contribution in [0.2, 0.25) is 0 Å². The fraction of sp³-hybridized carbons (Fsp3) is 0.364. The van der Waals surface area contributed by atoms with Gasteiger partial charge in [-0.15, -0.1) is 0 Å². The number of nitrogens with zero attached hydrogens (tertiary/aromatic N) is 3. The van der Waals surface area contributed by atoms with Crippen molar-refractivity contribution in [2.75, 3.05) is 10.6 Å². The monoisotopic (exact) mass is 443 g/mol. The second-order valence-electron chi connectivity index (χ2n) is 7.78. The minimum atomic E-state index is -2.92. The molecule has 0 bridgehead atoms. The molecule has 2 atom stereocenters.